The number of unbranched alkanes of at least 4 members (excludes halogenated alkanes) is 37. The number of ether oxygens (including phenoxy) is 4. The van der Waals surface area contributed by atoms with E-state index in [9.17, 15) is 43.2 Å². The van der Waals surface area contributed by atoms with Gasteiger partial charge in [-0.25, -0.2) is 9.13 Å². The van der Waals surface area contributed by atoms with Crippen LogP contribution in [0.5, 0.6) is 0 Å². The number of carbonyl (C=O) groups excluding carboxylic acids is 4. The van der Waals surface area contributed by atoms with Crippen LogP contribution < -0.4 is 0 Å². The highest BCUT2D eigenvalue weighted by Crippen LogP contribution is 2.45. The summed E-state index contributed by atoms with van der Waals surface area (Å²) >= 11 is 0. The molecule has 0 aliphatic rings. The third kappa shape index (κ3) is 64.1. The number of esters is 4. The lowest BCUT2D eigenvalue weighted by Crippen LogP contribution is -2.30. The van der Waals surface area contributed by atoms with Crippen molar-refractivity contribution in [1.29, 1.82) is 0 Å². The second-order valence-corrected chi connectivity index (χ2v) is 28.0. The van der Waals surface area contributed by atoms with Crippen molar-refractivity contribution in [3.63, 3.8) is 0 Å². The van der Waals surface area contributed by atoms with Crippen LogP contribution in [0.15, 0.2) is 24.3 Å². The zero-order chi connectivity index (χ0) is 65.6. The summed E-state index contributed by atoms with van der Waals surface area (Å²) in [5.74, 6) is -1.48. The average molecular weight is 1310 g/mol. The maximum absolute atomic E-state index is 13.0. The second-order valence-electron chi connectivity index (χ2n) is 25.1. The highest BCUT2D eigenvalue weighted by Gasteiger charge is 2.30. The molecule has 19 heteroatoms. The van der Waals surface area contributed by atoms with Gasteiger partial charge in [-0.2, -0.15) is 0 Å². The summed E-state index contributed by atoms with van der Waals surface area (Å²) in [6.45, 7) is 7.10. The van der Waals surface area contributed by atoms with E-state index >= 15 is 0 Å². The molecule has 0 aliphatic carbocycles. The first-order valence-electron chi connectivity index (χ1n) is 36.0. The molecular formula is C70H132O17P2. The third-order valence-corrected chi connectivity index (χ3v) is 17.6. The van der Waals surface area contributed by atoms with E-state index < -0.39 is 97.5 Å². The van der Waals surface area contributed by atoms with Crippen LogP contribution in [0, 0.1) is 5.92 Å². The van der Waals surface area contributed by atoms with Crippen LogP contribution in [-0.2, 0) is 65.4 Å². The zero-order valence-corrected chi connectivity index (χ0v) is 58.8. The summed E-state index contributed by atoms with van der Waals surface area (Å²) in [5, 5.41) is 10.6. The standard InChI is InChI=1S/C70H132O17P2/c1-6-9-12-15-18-21-24-27-28-30-33-36-39-46-51-56-70(75)86-65(59-80-67(72)53-48-43-37-34-32-29-25-22-19-16-13-10-7-2)61-84-88(76,77)82-57-64(71)58-83-89(78,79)85-62-66(60-81-68(73)54-49-44-41-40-42-47-52-63(4)5)87-69(74)55-50-45-38-35-31-26-23-20-17-14-11-8-3/h21,24,27-28,63-66,71H,6-20,22-23,25-26,29-62H2,1-5H3,(H,76,77)(H,78,79)/b24-21-,28-27-/t64-,65-,66-/m1/s1. The molecule has 0 amide bonds. The van der Waals surface area contributed by atoms with E-state index in [1.165, 1.54) is 141 Å². The topological polar surface area (TPSA) is 237 Å². The number of hydrogen-bond donors (Lipinski definition) is 3. The lowest BCUT2D eigenvalue weighted by Gasteiger charge is -2.21. The fourth-order valence-electron chi connectivity index (χ4n) is 10.1. The summed E-state index contributed by atoms with van der Waals surface area (Å²) < 4.78 is 68.2. The van der Waals surface area contributed by atoms with Gasteiger partial charge in [-0.05, 0) is 57.3 Å². The largest absolute Gasteiger partial charge is 0.472 e. The number of rotatable bonds is 68. The van der Waals surface area contributed by atoms with Gasteiger partial charge in [-0.15, -0.1) is 0 Å². The Hall–Kier alpha value is -2.46. The molecule has 0 saturated heterocycles. The predicted octanol–water partition coefficient (Wildman–Crippen LogP) is 19.7. The SMILES string of the molecule is CCCCCC/C=C\C=C/CCCCCCCC(=O)O[C@H](COC(=O)CCCCCCCCCCCCCCC)COP(=O)(O)OC[C@@H](O)COP(=O)(O)OC[C@@H](COC(=O)CCCCCCCCC(C)C)OC(=O)CCCCCCCCCCCCCC. The smallest absolute Gasteiger partial charge is 0.462 e. The van der Waals surface area contributed by atoms with Gasteiger partial charge >= 0.3 is 39.5 Å². The van der Waals surface area contributed by atoms with Crippen LogP contribution >= 0.6 is 15.6 Å². The fraction of sp³-hybridized carbons (Fsp3) is 0.886. The Labute approximate surface area is 542 Å². The van der Waals surface area contributed by atoms with Gasteiger partial charge in [-0.3, -0.25) is 37.3 Å². The average Bonchev–Trinajstić information content (AvgIpc) is 3.53. The molecular weight excluding hydrogens is 1170 g/mol. The fourth-order valence-corrected chi connectivity index (χ4v) is 11.7. The molecule has 89 heavy (non-hydrogen) atoms. The maximum Gasteiger partial charge on any atom is 0.472 e. The number of aliphatic hydroxyl groups is 1. The molecule has 0 bridgehead atoms. The first-order valence-corrected chi connectivity index (χ1v) is 38.9. The Balaban J connectivity index is 5.28. The van der Waals surface area contributed by atoms with Crippen LogP contribution in [0.2, 0.25) is 0 Å². The van der Waals surface area contributed by atoms with Crippen molar-refractivity contribution in [2.45, 2.75) is 355 Å². The van der Waals surface area contributed by atoms with E-state index in [0.29, 0.717) is 31.6 Å². The van der Waals surface area contributed by atoms with Gasteiger partial charge in [0.25, 0.3) is 0 Å². The lowest BCUT2D eigenvalue weighted by atomic mass is 10.0. The van der Waals surface area contributed by atoms with Crippen molar-refractivity contribution in [3.05, 3.63) is 24.3 Å². The van der Waals surface area contributed by atoms with Gasteiger partial charge < -0.3 is 33.8 Å². The second kappa shape index (κ2) is 63.0. The van der Waals surface area contributed by atoms with Crippen molar-refractivity contribution >= 4 is 39.5 Å². The maximum atomic E-state index is 13.0. The van der Waals surface area contributed by atoms with Crippen LogP contribution in [0.1, 0.15) is 336 Å². The van der Waals surface area contributed by atoms with Crippen LogP contribution in [0.3, 0.4) is 0 Å². The minimum Gasteiger partial charge on any atom is -0.462 e. The van der Waals surface area contributed by atoms with Gasteiger partial charge in [0, 0.05) is 25.7 Å². The van der Waals surface area contributed by atoms with Gasteiger partial charge in [0.1, 0.15) is 19.3 Å². The van der Waals surface area contributed by atoms with Crippen LogP contribution in [-0.4, -0.2) is 96.7 Å². The molecule has 0 aromatic heterocycles. The van der Waals surface area contributed by atoms with E-state index in [1.54, 1.807) is 0 Å². The summed E-state index contributed by atoms with van der Waals surface area (Å²) in [5.41, 5.74) is 0. The summed E-state index contributed by atoms with van der Waals surface area (Å²) in [4.78, 5) is 72.5. The number of phosphoric acid groups is 2. The van der Waals surface area contributed by atoms with E-state index in [1.807, 2.05) is 0 Å². The molecule has 0 aromatic rings. The quantitative estimate of drug-likeness (QED) is 0.0169. The molecule has 0 spiro atoms. The minimum absolute atomic E-state index is 0.0854. The molecule has 0 rings (SSSR count). The van der Waals surface area contributed by atoms with Crippen molar-refractivity contribution in [1.82, 2.24) is 0 Å². The highest BCUT2D eigenvalue weighted by atomic mass is 31.2. The van der Waals surface area contributed by atoms with Crippen molar-refractivity contribution in [2.75, 3.05) is 39.6 Å². The van der Waals surface area contributed by atoms with Crippen molar-refractivity contribution in [2.24, 2.45) is 5.92 Å². The molecule has 0 radical (unpaired) electrons. The predicted molar refractivity (Wildman–Crippen MR) is 358 cm³/mol. The lowest BCUT2D eigenvalue weighted by molar-refractivity contribution is -0.161. The molecule has 2 unspecified atom stereocenters. The van der Waals surface area contributed by atoms with Crippen LogP contribution in [0.4, 0.5) is 0 Å². The first-order chi connectivity index (χ1) is 43.0. The Morgan fingerprint density at radius 2 is 0.607 bits per heavy atom. The molecule has 0 saturated carbocycles. The number of phosphoric ester groups is 2. The van der Waals surface area contributed by atoms with Crippen molar-refractivity contribution in [3.8, 4) is 0 Å². The first kappa shape index (κ1) is 86.5. The number of aliphatic hydroxyl groups excluding tert-OH is 1. The number of hydrogen-bond acceptors (Lipinski definition) is 15. The molecule has 0 fully saturated rings. The third-order valence-electron chi connectivity index (χ3n) is 15.7. The van der Waals surface area contributed by atoms with Gasteiger partial charge in [0.05, 0.1) is 26.4 Å². The number of carbonyl (C=O) groups is 4. The van der Waals surface area contributed by atoms with Gasteiger partial charge in [-0.1, -0.05) is 284 Å². The van der Waals surface area contributed by atoms with Crippen LogP contribution in [0.25, 0.3) is 0 Å². The van der Waals surface area contributed by atoms with E-state index in [2.05, 4.69) is 58.9 Å². The summed E-state index contributed by atoms with van der Waals surface area (Å²) in [7, 11) is -9.91. The highest BCUT2D eigenvalue weighted by molar-refractivity contribution is 7.47. The Morgan fingerprint density at radius 3 is 0.921 bits per heavy atom. The van der Waals surface area contributed by atoms with E-state index in [0.717, 1.165) is 109 Å². The molecule has 0 heterocycles. The molecule has 0 aliphatic heterocycles. The molecule has 5 atom stereocenters. The number of allylic oxidation sites excluding steroid dienone is 4. The molecule has 3 N–H and O–H groups in total. The van der Waals surface area contributed by atoms with Gasteiger partial charge in [0.15, 0.2) is 12.2 Å². The van der Waals surface area contributed by atoms with E-state index in [4.69, 9.17) is 37.0 Å². The minimum atomic E-state index is -4.96. The van der Waals surface area contributed by atoms with E-state index in [-0.39, 0.29) is 25.7 Å². The van der Waals surface area contributed by atoms with Crippen molar-refractivity contribution < 1.29 is 80.2 Å². The Morgan fingerprint density at radius 1 is 0.348 bits per heavy atom. The molecule has 17 nitrogen and oxygen atoms in total. The van der Waals surface area contributed by atoms with Gasteiger partial charge in [0.2, 0.25) is 0 Å². The molecule has 0 aromatic carbocycles. The summed E-state index contributed by atoms with van der Waals surface area (Å²) in [6.07, 6.45) is 52.2. The Kier molecular flexibility index (Phi) is 61.2. The molecule has 524 valence electrons. The monoisotopic (exact) mass is 1310 g/mol. The normalized spacial score (nSPS) is 14.3. The Bertz CT molecular complexity index is 1810. The summed E-state index contributed by atoms with van der Waals surface area (Å²) in [6, 6.07) is 0. The zero-order valence-electron chi connectivity index (χ0n) is 57.0.